The fraction of sp³-hybridized carbons (Fsp3) is 0.476. The summed E-state index contributed by atoms with van der Waals surface area (Å²) in [7, 11) is 2.00. The first-order chi connectivity index (χ1) is 12.3. The van der Waals surface area contributed by atoms with E-state index in [9.17, 15) is 4.79 Å². The number of amides is 1. The molecule has 0 aliphatic carbocycles. The molecule has 142 valence electrons. The molecular weight excluding hydrogens is 348 g/mol. The van der Waals surface area contributed by atoms with Crippen LogP contribution in [0, 0.1) is 5.92 Å². The Kier molecular flexibility index (Phi) is 8.20. The number of nitrogens with one attached hydrogen (secondary N) is 1. The van der Waals surface area contributed by atoms with Crippen molar-refractivity contribution in [1.82, 2.24) is 10.2 Å². The number of carbonyl (C=O) groups is 1. The Balaban J connectivity index is 0.00000243. The molecule has 0 saturated carbocycles. The monoisotopic (exact) mass is 376 g/mol. The third-order valence-electron chi connectivity index (χ3n) is 5.08. The number of likely N-dealkylation sites (tertiary alicyclic amines) is 1. The van der Waals surface area contributed by atoms with Crippen molar-refractivity contribution in [2.24, 2.45) is 5.92 Å². The second-order valence-electron chi connectivity index (χ2n) is 6.85. The third-order valence-corrected chi connectivity index (χ3v) is 5.08. The molecule has 0 atom stereocenters. The average Bonchev–Trinajstić information content (AvgIpc) is 3.14. The first-order valence-corrected chi connectivity index (χ1v) is 9.33. The number of hydrogen-bond donors (Lipinski definition) is 1. The highest BCUT2D eigenvalue weighted by Crippen LogP contribution is 2.23. The summed E-state index contributed by atoms with van der Waals surface area (Å²) in [6.45, 7) is 2.88. The summed E-state index contributed by atoms with van der Waals surface area (Å²) < 4.78 is 5.89. The molecule has 5 heteroatoms. The summed E-state index contributed by atoms with van der Waals surface area (Å²) in [6, 6.07) is 14.0. The molecule has 1 aromatic heterocycles. The lowest BCUT2D eigenvalue weighted by molar-refractivity contribution is -0.132. The van der Waals surface area contributed by atoms with Gasteiger partial charge in [0.1, 0.15) is 11.5 Å². The highest BCUT2D eigenvalue weighted by molar-refractivity contribution is 5.85. The van der Waals surface area contributed by atoms with Crippen LogP contribution in [0.2, 0.25) is 0 Å². The standard InChI is InChI=1S/C21H28N2O2.ClH/c1-22-14-11-17-12-15-23(16-13-17)21(24)10-8-19-7-9-20(25-19)18-5-3-2-4-6-18;/h2-7,9,17,22H,8,10-16H2,1H3;1H. The maximum atomic E-state index is 12.4. The van der Waals surface area contributed by atoms with Crippen LogP contribution in [0.5, 0.6) is 0 Å². The molecule has 26 heavy (non-hydrogen) atoms. The number of hydrogen-bond acceptors (Lipinski definition) is 3. The molecule has 3 rings (SSSR count). The number of piperidine rings is 1. The molecule has 0 spiro atoms. The SMILES string of the molecule is CNCCC1CCN(C(=O)CCc2ccc(-c3ccccc3)o2)CC1.Cl. The minimum atomic E-state index is 0. The molecule has 1 aliphatic rings. The summed E-state index contributed by atoms with van der Waals surface area (Å²) in [5, 5.41) is 3.21. The van der Waals surface area contributed by atoms with E-state index in [1.54, 1.807) is 0 Å². The lowest BCUT2D eigenvalue weighted by Gasteiger charge is -2.32. The van der Waals surface area contributed by atoms with Crippen LogP contribution in [-0.2, 0) is 11.2 Å². The summed E-state index contributed by atoms with van der Waals surface area (Å²) in [5.41, 5.74) is 1.07. The minimum absolute atomic E-state index is 0. The molecule has 0 bridgehead atoms. The largest absolute Gasteiger partial charge is 0.461 e. The number of rotatable bonds is 7. The Labute approximate surface area is 162 Å². The number of furan rings is 1. The average molecular weight is 377 g/mol. The number of nitrogens with zero attached hydrogens (tertiary/aromatic N) is 1. The van der Waals surface area contributed by atoms with E-state index in [-0.39, 0.29) is 18.3 Å². The topological polar surface area (TPSA) is 45.5 Å². The molecule has 1 aromatic carbocycles. The van der Waals surface area contributed by atoms with Crippen molar-refractivity contribution < 1.29 is 9.21 Å². The quantitative estimate of drug-likeness (QED) is 0.789. The van der Waals surface area contributed by atoms with Crippen LogP contribution in [0.15, 0.2) is 46.9 Å². The molecule has 1 fully saturated rings. The van der Waals surface area contributed by atoms with E-state index in [4.69, 9.17) is 4.42 Å². The predicted molar refractivity (Wildman–Crippen MR) is 108 cm³/mol. The summed E-state index contributed by atoms with van der Waals surface area (Å²) >= 11 is 0. The highest BCUT2D eigenvalue weighted by atomic mass is 35.5. The van der Waals surface area contributed by atoms with E-state index in [2.05, 4.69) is 5.32 Å². The van der Waals surface area contributed by atoms with Gasteiger partial charge in [0.15, 0.2) is 0 Å². The Hall–Kier alpha value is -1.78. The number of carbonyl (C=O) groups excluding carboxylic acids is 1. The van der Waals surface area contributed by atoms with E-state index in [1.807, 2.05) is 54.4 Å². The fourth-order valence-corrected chi connectivity index (χ4v) is 3.48. The van der Waals surface area contributed by atoms with Crippen molar-refractivity contribution in [3.05, 3.63) is 48.2 Å². The Bertz CT molecular complexity index is 664. The summed E-state index contributed by atoms with van der Waals surface area (Å²) in [6.07, 6.45) is 4.68. The van der Waals surface area contributed by atoms with Gasteiger partial charge in [0.05, 0.1) is 0 Å². The molecule has 1 N–H and O–H groups in total. The van der Waals surface area contributed by atoms with Gasteiger partial charge in [0, 0.05) is 31.5 Å². The van der Waals surface area contributed by atoms with Gasteiger partial charge in [-0.2, -0.15) is 0 Å². The van der Waals surface area contributed by atoms with Gasteiger partial charge in [-0.3, -0.25) is 4.79 Å². The molecule has 1 saturated heterocycles. The van der Waals surface area contributed by atoms with Gasteiger partial charge >= 0.3 is 0 Å². The molecule has 4 nitrogen and oxygen atoms in total. The molecule has 0 unspecified atom stereocenters. The van der Waals surface area contributed by atoms with Gasteiger partial charge < -0.3 is 14.6 Å². The van der Waals surface area contributed by atoms with Gasteiger partial charge in [0.25, 0.3) is 0 Å². The second kappa shape index (κ2) is 10.4. The van der Waals surface area contributed by atoms with E-state index in [1.165, 1.54) is 6.42 Å². The first-order valence-electron chi connectivity index (χ1n) is 9.33. The van der Waals surface area contributed by atoms with Gasteiger partial charge in [-0.05, 0) is 50.9 Å². The van der Waals surface area contributed by atoms with E-state index in [0.717, 1.165) is 55.5 Å². The Morgan fingerprint density at radius 2 is 1.88 bits per heavy atom. The number of benzene rings is 1. The van der Waals surface area contributed by atoms with Gasteiger partial charge in [-0.15, -0.1) is 12.4 Å². The van der Waals surface area contributed by atoms with Crippen molar-refractivity contribution >= 4 is 18.3 Å². The van der Waals surface area contributed by atoms with Crippen molar-refractivity contribution in [3.63, 3.8) is 0 Å². The number of aryl methyl sites for hydroxylation is 1. The number of halogens is 1. The Morgan fingerprint density at radius 3 is 2.58 bits per heavy atom. The van der Waals surface area contributed by atoms with Crippen molar-refractivity contribution in [2.75, 3.05) is 26.7 Å². The van der Waals surface area contributed by atoms with Crippen LogP contribution in [0.4, 0.5) is 0 Å². The van der Waals surface area contributed by atoms with Crippen molar-refractivity contribution in [2.45, 2.75) is 32.1 Å². The normalized spacial score (nSPS) is 14.9. The molecule has 0 radical (unpaired) electrons. The zero-order valence-electron chi connectivity index (χ0n) is 15.4. The zero-order valence-corrected chi connectivity index (χ0v) is 16.3. The zero-order chi connectivity index (χ0) is 17.5. The predicted octanol–water partition coefficient (Wildman–Crippen LogP) is 4.15. The van der Waals surface area contributed by atoms with Crippen LogP contribution in [0.25, 0.3) is 11.3 Å². The van der Waals surface area contributed by atoms with Gasteiger partial charge in [-0.25, -0.2) is 0 Å². The first kappa shape index (κ1) is 20.5. The van der Waals surface area contributed by atoms with Crippen LogP contribution in [-0.4, -0.2) is 37.5 Å². The van der Waals surface area contributed by atoms with Crippen LogP contribution >= 0.6 is 12.4 Å². The Morgan fingerprint density at radius 1 is 1.15 bits per heavy atom. The van der Waals surface area contributed by atoms with Crippen LogP contribution < -0.4 is 5.32 Å². The van der Waals surface area contributed by atoms with Crippen molar-refractivity contribution in [3.8, 4) is 11.3 Å². The van der Waals surface area contributed by atoms with Crippen LogP contribution in [0.1, 0.15) is 31.4 Å². The highest BCUT2D eigenvalue weighted by Gasteiger charge is 2.22. The summed E-state index contributed by atoms with van der Waals surface area (Å²) in [4.78, 5) is 14.5. The molecular formula is C21H29ClN2O2. The smallest absolute Gasteiger partial charge is 0.223 e. The van der Waals surface area contributed by atoms with Crippen LogP contribution in [0.3, 0.4) is 0 Å². The summed E-state index contributed by atoms with van der Waals surface area (Å²) in [5.74, 6) is 2.77. The third kappa shape index (κ3) is 5.61. The van der Waals surface area contributed by atoms with Gasteiger partial charge in [-0.1, -0.05) is 30.3 Å². The van der Waals surface area contributed by atoms with E-state index >= 15 is 0 Å². The maximum Gasteiger partial charge on any atom is 0.223 e. The minimum Gasteiger partial charge on any atom is -0.461 e. The fourth-order valence-electron chi connectivity index (χ4n) is 3.48. The van der Waals surface area contributed by atoms with Crippen molar-refractivity contribution in [1.29, 1.82) is 0 Å². The molecule has 1 aliphatic heterocycles. The van der Waals surface area contributed by atoms with Gasteiger partial charge in [0.2, 0.25) is 5.91 Å². The second-order valence-corrected chi connectivity index (χ2v) is 6.85. The van der Waals surface area contributed by atoms with E-state index in [0.29, 0.717) is 12.8 Å². The molecule has 1 amide bonds. The molecule has 2 heterocycles. The lowest BCUT2D eigenvalue weighted by Crippen LogP contribution is -2.39. The lowest BCUT2D eigenvalue weighted by atomic mass is 9.93. The van der Waals surface area contributed by atoms with E-state index < -0.39 is 0 Å². The maximum absolute atomic E-state index is 12.4. The molecule has 2 aromatic rings.